The minimum absolute atomic E-state index is 1.03. The molecule has 0 aromatic rings. The first kappa shape index (κ1) is 23.2. The summed E-state index contributed by atoms with van der Waals surface area (Å²) in [5.41, 5.74) is 0. The zero-order valence-corrected chi connectivity index (χ0v) is 17.5. The summed E-state index contributed by atoms with van der Waals surface area (Å²) >= 11 is 0. The molecule has 1 nitrogen and oxygen atoms in total. The van der Waals surface area contributed by atoms with E-state index in [2.05, 4.69) is 20.8 Å². The van der Waals surface area contributed by atoms with Crippen LogP contribution in [0.1, 0.15) is 117 Å². The van der Waals surface area contributed by atoms with Crippen LogP contribution < -0.4 is 0 Å². The van der Waals surface area contributed by atoms with Gasteiger partial charge in [0.1, 0.15) is 0 Å². The number of hydrogen-bond donors (Lipinski definition) is 0. The standard InChI is InChI=1S/C21H45OP/c1-4-7-10-12-14-17-20-23(22,19-16-9-6-3)21-18-15-13-11-8-5-2/h4-21H2,1-3H3. The van der Waals surface area contributed by atoms with E-state index in [0.717, 1.165) is 18.5 Å². The molecule has 0 saturated carbocycles. The summed E-state index contributed by atoms with van der Waals surface area (Å²) in [6.07, 6.45) is 22.6. The molecular formula is C21H45OP. The fraction of sp³-hybridized carbons (Fsp3) is 1.00. The van der Waals surface area contributed by atoms with Crippen LogP contribution in [0.4, 0.5) is 0 Å². The summed E-state index contributed by atoms with van der Waals surface area (Å²) in [5, 5.41) is 0. The van der Waals surface area contributed by atoms with Crippen LogP contribution in [-0.4, -0.2) is 18.5 Å². The lowest BCUT2D eigenvalue weighted by Gasteiger charge is -2.18. The van der Waals surface area contributed by atoms with Crippen molar-refractivity contribution in [3.05, 3.63) is 0 Å². The van der Waals surface area contributed by atoms with Crippen LogP contribution in [0.5, 0.6) is 0 Å². The molecule has 0 saturated heterocycles. The van der Waals surface area contributed by atoms with Gasteiger partial charge in [-0.25, -0.2) is 0 Å². The molecule has 140 valence electrons. The highest BCUT2D eigenvalue weighted by Gasteiger charge is 2.20. The van der Waals surface area contributed by atoms with Crippen molar-refractivity contribution in [1.29, 1.82) is 0 Å². The summed E-state index contributed by atoms with van der Waals surface area (Å²) in [5.74, 6) is 0. The van der Waals surface area contributed by atoms with E-state index in [0.29, 0.717) is 0 Å². The van der Waals surface area contributed by atoms with Crippen molar-refractivity contribution >= 4 is 7.14 Å². The van der Waals surface area contributed by atoms with Crippen LogP contribution in [0.25, 0.3) is 0 Å². The molecule has 0 N–H and O–H groups in total. The van der Waals surface area contributed by atoms with Gasteiger partial charge in [-0.05, 0) is 19.3 Å². The van der Waals surface area contributed by atoms with Crippen LogP contribution in [0.15, 0.2) is 0 Å². The van der Waals surface area contributed by atoms with Gasteiger partial charge in [-0.1, -0.05) is 97.8 Å². The molecule has 2 heteroatoms. The van der Waals surface area contributed by atoms with Crippen molar-refractivity contribution in [1.82, 2.24) is 0 Å². The lowest BCUT2D eigenvalue weighted by atomic mass is 10.1. The lowest BCUT2D eigenvalue weighted by Crippen LogP contribution is -2.02. The predicted octanol–water partition coefficient (Wildman–Crippen LogP) is 8.26. The van der Waals surface area contributed by atoms with E-state index in [1.54, 1.807) is 0 Å². The van der Waals surface area contributed by atoms with E-state index >= 15 is 0 Å². The molecule has 0 unspecified atom stereocenters. The molecule has 0 spiro atoms. The molecule has 0 aromatic carbocycles. The van der Waals surface area contributed by atoms with Gasteiger partial charge in [-0.15, -0.1) is 0 Å². The second-order valence-corrected chi connectivity index (χ2v) is 10.9. The third kappa shape index (κ3) is 15.5. The zero-order valence-electron chi connectivity index (χ0n) is 16.6. The number of unbranched alkanes of at least 4 members (excludes halogenated alkanes) is 12. The van der Waals surface area contributed by atoms with Crippen molar-refractivity contribution in [3.8, 4) is 0 Å². The van der Waals surface area contributed by atoms with Gasteiger partial charge in [-0.3, -0.25) is 0 Å². The van der Waals surface area contributed by atoms with E-state index in [-0.39, 0.29) is 0 Å². The van der Waals surface area contributed by atoms with Crippen molar-refractivity contribution in [2.24, 2.45) is 0 Å². The second kappa shape index (κ2) is 17.1. The van der Waals surface area contributed by atoms with Crippen molar-refractivity contribution in [2.75, 3.05) is 18.5 Å². The molecule has 0 radical (unpaired) electrons. The summed E-state index contributed by atoms with van der Waals surface area (Å²) < 4.78 is 13.3. The smallest absolute Gasteiger partial charge is 0.0877 e. The molecule has 0 aromatic heterocycles. The van der Waals surface area contributed by atoms with Crippen LogP contribution in [0.2, 0.25) is 0 Å². The maximum Gasteiger partial charge on any atom is 0.0877 e. The molecule has 0 amide bonds. The van der Waals surface area contributed by atoms with Gasteiger partial charge >= 0.3 is 0 Å². The Morgan fingerprint density at radius 3 is 1.09 bits per heavy atom. The minimum Gasteiger partial charge on any atom is -0.324 e. The van der Waals surface area contributed by atoms with Crippen LogP contribution in [0.3, 0.4) is 0 Å². The van der Waals surface area contributed by atoms with Gasteiger partial charge in [0.25, 0.3) is 0 Å². The quantitative estimate of drug-likeness (QED) is 0.181. The molecule has 0 aliphatic rings. The van der Waals surface area contributed by atoms with Crippen molar-refractivity contribution in [2.45, 2.75) is 117 Å². The number of rotatable bonds is 18. The molecule has 0 heterocycles. The highest BCUT2D eigenvalue weighted by molar-refractivity contribution is 7.63. The van der Waals surface area contributed by atoms with E-state index < -0.39 is 7.14 Å². The highest BCUT2D eigenvalue weighted by atomic mass is 31.2. The average molecular weight is 345 g/mol. The van der Waals surface area contributed by atoms with Crippen LogP contribution in [0, 0.1) is 0 Å². The Morgan fingerprint density at radius 1 is 0.435 bits per heavy atom. The topological polar surface area (TPSA) is 17.1 Å². The molecule has 0 aliphatic heterocycles. The Morgan fingerprint density at radius 2 is 0.696 bits per heavy atom. The molecule has 0 rings (SSSR count). The van der Waals surface area contributed by atoms with E-state index in [4.69, 9.17) is 0 Å². The van der Waals surface area contributed by atoms with Crippen LogP contribution in [-0.2, 0) is 4.57 Å². The third-order valence-electron chi connectivity index (χ3n) is 5.01. The zero-order chi connectivity index (χ0) is 17.2. The largest absolute Gasteiger partial charge is 0.324 e. The highest BCUT2D eigenvalue weighted by Crippen LogP contribution is 2.48. The fourth-order valence-corrected chi connectivity index (χ4v) is 6.42. The molecule has 0 atom stereocenters. The molecule has 0 aliphatic carbocycles. The Hall–Kier alpha value is 0.230. The summed E-state index contributed by atoms with van der Waals surface area (Å²) in [6, 6.07) is 0. The monoisotopic (exact) mass is 344 g/mol. The molecule has 0 bridgehead atoms. The molecule has 0 fully saturated rings. The van der Waals surface area contributed by atoms with E-state index in [1.807, 2.05) is 0 Å². The third-order valence-corrected chi connectivity index (χ3v) is 8.40. The first-order chi connectivity index (χ1) is 11.2. The van der Waals surface area contributed by atoms with Crippen molar-refractivity contribution < 1.29 is 4.57 Å². The summed E-state index contributed by atoms with van der Waals surface area (Å²) in [4.78, 5) is 0. The van der Waals surface area contributed by atoms with Gasteiger partial charge in [0.2, 0.25) is 0 Å². The number of hydrogen-bond acceptors (Lipinski definition) is 1. The summed E-state index contributed by atoms with van der Waals surface area (Å²) in [7, 11) is -1.86. The molecular weight excluding hydrogens is 299 g/mol. The van der Waals surface area contributed by atoms with Gasteiger partial charge in [0.05, 0.1) is 7.14 Å². The fourth-order valence-electron chi connectivity index (χ4n) is 3.35. The Bertz CT molecular complexity index is 255. The SMILES string of the molecule is CCCCCCCCP(=O)(CCCCC)CCCCCCCC. The normalized spacial score (nSPS) is 12.0. The van der Waals surface area contributed by atoms with Gasteiger partial charge < -0.3 is 4.57 Å². The lowest BCUT2D eigenvalue weighted by molar-refractivity contribution is 0.558. The maximum atomic E-state index is 13.3. The van der Waals surface area contributed by atoms with E-state index in [9.17, 15) is 4.57 Å². The average Bonchev–Trinajstić information content (AvgIpc) is 2.54. The van der Waals surface area contributed by atoms with Crippen LogP contribution >= 0.6 is 7.14 Å². The van der Waals surface area contributed by atoms with Gasteiger partial charge in [-0.2, -0.15) is 0 Å². The Balaban J connectivity index is 3.95. The maximum absolute atomic E-state index is 13.3. The van der Waals surface area contributed by atoms with Crippen molar-refractivity contribution in [3.63, 3.8) is 0 Å². The first-order valence-electron chi connectivity index (χ1n) is 10.8. The minimum atomic E-state index is -1.86. The van der Waals surface area contributed by atoms with E-state index in [1.165, 1.54) is 96.3 Å². The predicted molar refractivity (Wildman–Crippen MR) is 108 cm³/mol. The van der Waals surface area contributed by atoms with Gasteiger partial charge in [0.15, 0.2) is 0 Å². The Labute approximate surface area is 147 Å². The Kier molecular flexibility index (Phi) is 17.2. The first-order valence-corrected chi connectivity index (χ1v) is 13.0. The van der Waals surface area contributed by atoms with Gasteiger partial charge in [0, 0.05) is 18.5 Å². The summed E-state index contributed by atoms with van der Waals surface area (Å²) in [6.45, 7) is 6.78. The molecule has 23 heavy (non-hydrogen) atoms. The second-order valence-electron chi connectivity index (χ2n) is 7.47.